The van der Waals surface area contributed by atoms with Crippen molar-refractivity contribution in [2.45, 2.75) is 17.2 Å². The van der Waals surface area contributed by atoms with Crippen LogP contribution in [0, 0.1) is 0 Å². The summed E-state index contributed by atoms with van der Waals surface area (Å²) in [5, 5.41) is 0. The molecule has 0 radical (unpaired) electrons. The van der Waals surface area contributed by atoms with Gasteiger partial charge in [-0.25, -0.2) is 8.42 Å². The zero-order valence-electron chi connectivity index (χ0n) is 11.9. The summed E-state index contributed by atoms with van der Waals surface area (Å²) in [5.41, 5.74) is 7.51. The fourth-order valence-electron chi connectivity index (χ4n) is 2.89. The lowest BCUT2D eigenvalue weighted by Gasteiger charge is -2.19. The Labute approximate surface area is 125 Å². The summed E-state index contributed by atoms with van der Waals surface area (Å²) in [6, 6.07) is 9.31. The van der Waals surface area contributed by atoms with E-state index in [1.807, 2.05) is 31.3 Å². The molecule has 1 atom stereocenters. The van der Waals surface area contributed by atoms with Gasteiger partial charge in [0.1, 0.15) is 4.90 Å². The molecule has 0 bridgehead atoms. The van der Waals surface area contributed by atoms with Crippen molar-refractivity contribution in [1.82, 2.24) is 4.57 Å². The van der Waals surface area contributed by atoms with Crippen LogP contribution in [0.4, 0.5) is 5.69 Å². The van der Waals surface area contributed by atoms with Crippen molar-refractivity contribution in [2.24, 2.45) is 12.8 Å². The second-order valence-electron chi connectivity index (χ2n) is 5.38. The minimum Gasteiger partial charge on any atom is -0.356 e. The van der Waals surface area contributed by atoms with Crippen molar-refractivity contribution in [2.75, 3.05) is 17.4 Å². The number of nitrogens with zero attached hydrogens (tertiary/aromatic N) is 2. The number of para-hydroxylation sites is 1. The van der Waals surface area contributed by atoms with E-state index in [9.17, 15) is 8.42 Å². The molecule has 112 valence electrons. The highest BCUT2D eigenvalue weighted by Crippen LogP contribution is 2.40. The molecule has 2 aromatic rings. The summed E-state index contributed by atoms with van der Waals surface area (Å²) in [7, 11) is -1.70. The summed E-state index contributed by atoms with van der Waals surface area (Å²) < 4.78 is 28.9. The summed E-state index contributed by atoms with van der Waals surface area (Å²) in [5.74, 6) is 0.171. The van der Waals surface area contributed by atoms with Crippen LogP contribution in [-0.4, -0.2) is 26.1 Å². The Morgan fingerprint density at radius 1 is 1.29 bits per heavy atom. The van der Waals surface area contributed by atoms with Crippen LogP contribution < -0.4 is 10.0 Å². The molecule has 3 rings (SSSR count). The van der Waals surface area contributed by atoms with Gasteiger partial charge in [0.2, 0.25) is 0 Å². The average Bonchev–Trinajstić information content (AvgIpc) is 3.05. The van der Waals surface area contributed by atoms with E-state index in [0.717, 1.165) is 17.7 Å². The third-order valence-electron chi connectivity index (χ3n) is 3.94. The monoisotopic (exact) mass is 305 g/mol. The lowest BCUT2D eigenvalue weighted by Crippen LogP contribution is -2.30. The maximum atomic E-state index is 12.8. The number of sulfonamides is 1. The van der Waals surface area contributed by atoms with Gasteiger partial charge in [-0.2, -0.15) is 0 Å². The smallest absolute Gasteiger partial charge is 0.265 e. The molecular weight excluding hydrogens is 286 g/mol. The number of aromatic nitrogens is 1. The summed E-state index contributed by atoms with van der Waals surface area (Å²) in [6.07, 6.45) is 4.16. The van der Waals surface area contributed by atoms with Gasteiger partial charge in [0.05, 0.1) is 5.69 Å². The fourth-order valence-corrected chi connectivity index (χ4v) is 4.48. The Morgan fingerprint density at radius 2 is 2.05 bits per heavy atom. The molecule has 2 N–H and O–H groups in total. The normalized spacial score (nSPS) is 18.0. The quantitative estimate of drug-likeness (QED) is 0.934. The number of hydrogen-bond donors (Lipinski definition) is 1. The first-order valence-electron chi connectivity index (χ1n) is 6.97. The number of anilines is 1. The minimum absolute atomic E-state index is 0.171. The maximum Gasteiger partial charge on any atom is 0.265 e. The maximum absolute atomic E-state index is 12.8. The molecule has 1 unspecified atom stereocenters. The average molecular weight is 305 g/mol. The van der Waals surface area contributed by atoms with Crippen molar-refractivity contribution in [3.05, 3.63) is 48.3 Å². The lowest BCUT2D eigenvalue weighted by molar-refractivity contribution is 0.586. The van der Waals surface area contributed by atoms with E-state index in [0.29, 0.717) is 18.0 Å². The molecule has 1 aliphatic heterocycles. The van der Waals surface area contributed by atoms with E-state index in [2.05, 4.69) is 0 Å². The first kappa shape index (κ1) is 14.2. The molecule has 0 saturated heterocycles. The van der Waals surface area contributed by atoms with Gasteiger partial charge in [0.15, 0.2) is 0 Å². The third-order valence-corrected chi connectivity index (χ3v) is 5.70. The third kappa shape index (κ3) is 2.34. The lowest BCUT2D eigenvalue weighted by atomic mass is 9.98. The van der Waals surface area contributed by atoms with E-state index >= 15 is 0 Å². The van der Waals surface area contributed by atoms with Gasteiger partial charge < -0.3 is 10.3 Å². The molecule has 2 heterocycles. The number of fused-ring (bicyclic) bond motifs is 1. The Morgan fingerprint density at radius 3 is 2.71 bits per heavy atom. The molecule has 1 aromatic heterocycles. The highest BCUT2D eigenvalue weighted by atomic mass is 32.2. The molecule has 0 saturated carbocycles. The Bertz CT molecular complexity index is 752. The molecule has 0 fully saturated rings. The van der Waals surface area contributed by atoms with Gasteiger partial charge in [0.25, 0.3) is 10.0 Å². The van der Waals surface area contributed by atoms with Crippen LogP contribution in [0.5, 0.6) is 0 Å². The second-order valence-corrected chi connectivity index (χ2v) is 7.24. The Kier molecular flexibility index (Phi) is 3.51. The second kappa shape index (κ2) is 5.20. The molecule has 1 aliphatic rings. The van der Waals surface area contributed by atoms with Crippen LogP contribution >= 0.6 is 0 Å². The van der Waals surface area contributed by atoms with Gasteiger partial charge in [-0.3, -0.25) is 4.31 Å². The summed E-state index contributed by atoms with van der Waals surface area (Å²) >= 11 is 0. The largest absolute Gasteiger partial charge is 0.356 e. The Hall–Kier alpha value is -1.79. The van der Waals surface area contributed by atoms with E-state index < -0.39 is 10.0 Å². The van der Waals surface area contributed by atoms with Crippen LogP contribution in [0.2, 0.25) is 0 Å². The van der Waals surface area contributed by atoms with Crippen LogP contribution in [0.3, 0.4) is 0 Å². The van der Waals surface area contributed by atoms with E-state index in [4.69, 9.17) is 5.73 Å². The van der Waals surface area contributed by atoms with Crippen LogP contribution in [0.25, 0.3) is 0 Å². The van der Waals surface area contributed by atoms with Crippen molar-refractivity contribution >= 4 is 15.7 Å². The highest BCUT2D eigenvalue weighted by molar-refractivity contribution is 7.92. The van der Waals surface area contributed by atoms with E-state index in [1.165, 1.54) is 4.31 Å². The zero-order chi connectivity index (χ0) is 15.0. The molecule has 0 amide bonds. The van der Waals surface area contributed by atoms with E-state index in [1.54, 1.807) is 23.0 Å². The predicted molar refractivity (Wildman–Crippen MR) is 82.8 cm³/mol. The zero-order valence-corrected chi connectivity index (χ0v) is 12.8. The molecule has 21 heavy (non-hydrogen) atoms. The first-order chi connectivity index (χ1) is 10.0. The standard InChI is InChI=1S/C15H19N3O2S/c1-17-9-7-13(11-17)21(19,20)18-10-12(6-8-16)14-4-2-3-5-15(14)18/h2-5,7,9,11-12H,6,8,10,16H2,1H3. The van der Waals surface area contributed by atoms with Gasteiger partial charge in [-0.15, -0.1) is 0 Å². The number of rotatable bonds is 4. The topological polar surface area (TPSA) is 68.3 Å². The minimum atomic E-state index is -3.51. The number of hydrogen-bond acceptors (Lipinski definition) is 3. The molecule has 0 spiro atoms. The molecule has 5 nitrogen and oxygen atoms in total. The van der Waals surface area contributed by atoms with Crippen molar-refractivity contribution in [3.63, 3.8) is 0 Å². The number of nitrogens with two attached hydrogens (primary N) is 1. The first-order valence-corrected chi connectivity index (χ1v) is 8.41. The highest BCUT2D eigenvalue weighted by Gasteiger charge is 2.36. The van der Waals surface area contributed by atoms with Crippen LogP contribution in [-0.2, 0) is 17.1 Å². The van der Waals surface area contributed by atoms with Gasteiger partial charge in [0, 0.05) is 31.9 Å². The van der Waals surface area contributed by atoms with Gasteiger partial charge in [-0.1, -0.05) is 18.2 Å². The molecule has 0 aliphatic carbocycles. The van der Waals surface area contributed by atoms with Crippen molar-refractivity contribution < 1.29 is 8.42 Å². The number of benzene rings is 1. The molecule has 6 heteroatoms. The van der Waals surface area contributed by atoms with E-state index in [-0.39, 0.29) is 5.92 Å². The summed E-state index contributed by atoms with van der Waals surface area (Å²) in [6.45, 7) is 1.02. The van der Waals surface area contributed by atoms with Crippen molar-refractivity contribution in [1.29, 1.82) is 0 Å². The van der Waals surface area contributed by atoms with Gasteiger partial charge in [-0.05, 0) is 30.7 Å². The fraction of sp³-hybridized carbons (Fsp3) is 0.333. The van der Waals surface area contributed by atoms with Gasteiger partial charge >= 0.3 is 0 Å². The summed E-state index contributed by atoms with van der Waals surface area (Å²) in [4.78, 5) is 0.327. The molecule has 1 aromatic carbocycles. The van der Waals surface area contributed by atoms with Crippen molar-refractivity contribution in [3.8, 4) is 0 Å². The predicted octanol–water partition coefficient (Wildman–Crippen LogP) is 1.67. The van der Waals surface area contributed by atoms with Crippen LogP contribution in [0.15, 0.2) is 47.6 Å². The Balaban J connectivity index is 2.04. The SMILES string of the molecule is Cn1ccc(S(=O)(=O)N2CC(CCN)c3ccccc32)c1. The van der Waals surface area contributed by atoms with Crippen LogP contribution in [0.1, 0.15) is 17.9 Å². The molecular formula is C15H19N3O2S. The number of aryl methyl sites for hydroxylation is 1.